The van der Waals surface area contributed by atoms with Crippen LogP contribution in [0.5, 0.6) is 0 Å². The zero-order valence-electron chi connectivity index (χ0n) is 22.7. The molecule has 5 rings (SSSR count). The third-order valence-electron chi connectivity index (χ3n) is 6.64. The van der Waals surface area contributed by atoms with Crippen LogP contribution in [0.15, 0.2) is 42.9 Å². The second kappa shape index (κ2) is 11.7. The molecule has 40 heavy (non-hydrogen) atoms. The van der Waals surface area contributed by atoms with Crippen molar-refractivity contribution in [2.24, 2.45) is 0 Å². The Morgan fingerprint density at radius 1 is 1.38 bits per heavy atom. The first-order valence-corrected chi connectivity index (χ1v) is 13.1. The summed E-state index contributed by atoms with van der Waals surface area (Å²) in [6, 6.07) is 5.87. The summed E-state index contributed by atoms with van der Waals surface area (Å²) in [5, 5.41) is 13.9. The molecule has 212 valence electrons. The molecule has 2 unspecified atom stereocenters. The Morgan fingerprint density at radius 2 is 2.12 bits per heavy atom. The molecular formula is C28H32ClFN6O4. The van der Waals surface area contributed by atoms with E-state index >= 15 is 0 Å². The predicted octanol–water partition coefficient (Wildman–Crippen LogP) is 4.16. The summed E-state index contributed by atoms with van der Waals surface area (Å²) in [5.41, 5.74) is 8.40. The van der Waals surface area contributed by atoms with Crippen LogP contribution in [0, 0.1) is 12.7 Å². The van der Waals surface area contributed by atoms with Crippen molar-refractivity contribution in [2.75, 3.05) is 25.4 Å². The summed E-state index contributed by atoms with van der Waals surface area (Å²) in [7, 11) is 0. The lowest BCUT2D eigenvalue weighted by molar-refractivity contribution is -0.162. The summed E-state index contributed by atoms with van der Waals surface area (Å²) < 4.78 is 19.2. The van der Waals surface area contributed by atoms with E-state index in [1.54, 1.807) is 43.6 Å². The number of rotatable bonds is 5. The first kappa shape index (κ1) is 29.2. The van der Waals surface area contributed by atoms with Crippen LogP contribution in [0.25, 0.3) is 21.8 Å². The second-order valence-electron chi connectivity index (χ2n) is 10.5. The average Bonchev–Trinajstić information content (AvgIpc) is 3.24. The molecule has 1 amide bonds. The number of aryl methyl sites for hydroxylation is 1. The number of carboxylic acids is 1. The van der Waals surface area contributed by atoms with Gasteiger partial charge in [0.1, 0.15) is 6.04 Å². The van der Waals surface area contributed by atoms with Gasteiger partial charge in [0, 0.05) is 46.8 Å². The molecular weight excluding hydrogens is 539 g/mol. The van der Waals surface area contributed by atoms with Gasteiger partial charge in [0.25, 0.3) is 5.91 Å². The van der Waals surface area contributed by atoms with E-state index in [4.69, 9.17) is 22.1 Å². The number of nitrogens with one attached hydrogen (secondary N) is 2. The minimum absolute atomic E-state index is 0.144. The highest BCUT2D eigenvalue weighted by Crippen LogP contribution is 2.32. The number of hydrogen-bond acceptors (Lipinski definition) is 7. The van der Waals surface area contributed by atoms with Crippen molar-refractivity contribution >= 4 is 51.0 Å². The summed E-state index contributed by atoms with van der Waals surface area (Å²) in [5.74, 6) is -1.50. The maximum Gasteiger partial charge on any atom is 0.323 e. The van der Waals surface area contributed by atoms with Crippen molar-refractivity contribution in [3.8, 4) is 0 Å². The molecule has 10 nitrogen and oxygen atoms in total. The van der Waals surface area contributed by atoms with Crippen molar-refractivity contribution in [1.82, 2.24) is 25.2 Å². The lowest BCUT2D eigenvalue weighted by atomic mass is 10.0. The Kier molecular flexibility index (Phi) is 8.57. The maximum atomic E-state index is 13.6. The van der Waals surface area contributed by atoms with E-state index < -0.39 is 17.6 Å². The van der Waals surface area contributed by atoms with Crippen molar-refractivity contribution in [1.29, 1.82) is 0 Å². The Bertz CT molecular complexity index is 1560. The maximum absolute atomic E-state index is 13.6. The van der Waals surface area contributed by atoms with Crippen LogP contribution in [0.4, 0.5) is 10.1 Å². The fourth-order valence-corrected chi connectivity index (χ4v) is 5.03. The zero-order valence-corrected chi connectivity index (χ0v) is 23.4. The van der Waals surface area contributed by atoms with Gasteiger partial charge in [0.2, 0.25) is 0 Å². The number of carbonyl (C=O) groups is 2. The molecule has 2 atom stereocenters. The number of amides is 1. The smallest absolute Gasteiger partial charge is 0.323 e. The number of ether oxygens (including phenoxy) is 1. The number of H-pyrrole nitrogens is 1. The molecule has 4 aromatic rings. The van der Waals surface area contributed by atoms with Gasteiger partial charge < -0.3 is 25.9 Å². The van der Waals surface area contributed by atoms with Gasteiger partial charge in [-0.2, -0.15) is 0 Å². The zero-order chi connectivity index (χ0) is 29.2. The van der Waals surface area contributed by atoms with E-state index in [-0.39, 0.29) is 24.4 Å². The molecule has 0 saturated carbocycles. The molecule has 1 aromatic carbocycles. The number of nitrogens with two attached hydrogens (primary N) is 1. The van der Waals surface area contributed by atoms with E-state index in [0.717, 1.165) is 0 Å². The quantitative estimate of drug-likeness (QED) is 0.262. The number of aromatic nitrogens is 3. The number of aliphatic carboxylic acids is 1. The Hall–Kier alpha value is -3.80. The third-order valence-corrected chi connectivity index (χ3v) is 6.86. The van der Waals surface area contributed by atoms with Gasteiger partial charge in [0.15, 0.2) is 5.82 Å². The highest BCUT2D eigenvalue weighted by atomic mass is 35.5. The third kappa shape index (κ3) is 6.49. The number of hydrogen-bond donors (Lipinski definition) is 4. The van der Waals surface area contributed by atoms with E-state index in [1.165, 1.54) is 6.20 Å². The Balaban J connectivity index is 0.000000199. The summed E-state index contributed by atoms with van der Waals surface area (Å²) >= 11 is 5.90. The number of aromatic amines is 1. The standard InChI is InChI=1S/C17H25N3O4.C11H7ClFN3/c1-11(19-15(21)13-6-5-7-18-12(13)2)8-20-10-17(3,4)24-9-14(20)16(22)23;12-5-1-6-10-7(13)3-15-4-9(10)16-11(6)8(14)2-5/h5-7,11,14H,8-10H2,1-4H3,(H,19,21)(H,22,23);1-4,16H,14H2. The van der Waals surface area contributed by atoms with Gasteiger partial charge in [-0.3, -0.25) is 24.5 Å². The fourth-order valence-electron chi connectivity index (χ4n) is 4.80. The van der Waals surface area contributed by atoms with E-state index in [0.29, 0.717) is 56.9 Å². The first-order chi connectivity index (χ1) is 18.9. The number of anilines is 1. The van der Waals surface area contributed by atoms with Gasteiger partial charge in [-0.25, -0.2) is 4.39 Å². The van der Waals surface area contributed by atoms with Gasteiger partial charge in [-0.05, 0) is 52.0 Å². The molecule has 4 heterocycles. The molecule has 0 radical (unpaired) electrons. The van der Waals surface area contributed by atoms with Crippen molar-refractivity contribution < 1.29 is 23.8 Å². The second-order valence-corrected chi connectivity index (χ2v) is 10.9. The number of benzene rings is 1. The number of fused-ring (bicyclic) bond motifs is 3. The van der Waals surface area contributed by atoms with Crippen LogP contribution in [0.2, 0.25) is 5.02 Å². The lowest BCUT2D eigenvalue weighted by Gasteiger charge is -2.42. The molecule has 1 saturated heterocycles. The lowest BCUT2D eigenvalue weighted by Crippen LogP contribution is -2.59. The van der Waals surface area contributed by atoms with Crippen LogP contribution >= 0.6 is 11.6 Å². The summed E-state index contributed by atoms with van der Waals surface area (Å²) in [4.78, 5) is 36.6. The molecule has 0 bridgehead atoms. The van der Waals surface area contributed by atoms with E-state index in [2.05, 4.69) is 20.3 Å². The number of carbonyl (C=O) groups excluding carboxylic acids is 1. The molecule has 1 fully saturated rings. The highest BCUT2D eigenvalue weighted by Gasteiger charge is 2.38. The number of nitrogens with zero attached hydrogens (tertiary/aromatic N) is 3. The highest BCUT2D eigenvalue weighted by molar-refractivity contribution is 6.32. The topological polar surface area (TPSA) is 146 Å². The number of morpholine rings is 1. The number of pyridine rings is 2. The van der Waals surface area contributed by atoms with E-state index in [9.17, 15) is 19.1 Å². The molecule has 1 aliphatic heterocycles. The van der Waals surface area contributed by atoms with Crippen LogP contribution in [0.3, 0.4) is 0 Å². The minimum Gasteiger partial charge on any atom is -0.480 e. The number of carboxylic acid groups (broad SMARTS) is 1. The predicted molar refractivity (Wildman–Crippen MR) is 152 cm³/mol. The average molecular weight is 571 g/mol. The molecule has 0 aliphatic carbocycles. The molecule has 5 N–H and O–H groups in total. The van der Waals surface area contributed by atoms with Gasteiger partial charge in [-0.15, -0.1) is 0 Å². The van der Waals surface area contributed by atoms with Crippen LogP contribution in [0.1, 0.15) is 36.8 Å². The van der Waals surface area contributed by atoms with Gasteiger partial charge >= 0.3 is 5.97 Å². The van der Waals surface area contributed by atoms with Gasteiger partial charge in [0.05, 0.1) is 46.9 Å². The summed E-state index contributed by atoms with van der Waals surface area (Å²) in [6.45, 7) is 8.59. The molecule has 0 spiro atoms. The van der Waals surface area contributed by atoms with E-state index in [1.807, 2.05) is 25.7 Å². The first-order valence-electron chi connectivity index (χ1n) is 12.7. The van der Waals surface area contributed by atoms with Gasteiger partial charge in [-0.1, -0.05) is 11.6 Å². The van der Waals surface area contributed by atoms with Crippen LogP contribution in [-0.4, -0.2) is 74.2 Å². The normalized spacial score (nSPS) is 17.7. The van der Waals surface area contributed by atoms with Crippen molar-refractivity contribution in [3.63, 3.8) is 0 Å². The van der Waals surface area contributed by atoms with Crippen molar-refractivity contribution in [3.05, 3.63) is 65.0 Å². The SMILES string of the molecule is Cc1ncccc1C(=O)NC(C)CN1CC(C)(C)OCC1C(=O)O.Nc1cc(Cl)cc2c1[nH]c1cncc(F)c12. The number of halogens is 2. The van der Waals surface area contributed by atoms with Crippen molar-refractivity contribution in [2.45, 2.75) is 45.4 Å². The molecule has 3 aromatic heterocycles. The van der Waals surface area contributed by atoms with Crippen LogP contribution in [-0.2, 0) is 9.53 Å². The largest absolute Gasteiger partial charge is 0.480 e. The Morgan fingerprint density at radius 3 is 2.83 bits per heavy atom. The minimum atomic E-state index is -0.910. The monoisotopic (exact) mass is 570 g/mol. The molecule has 1 aliphatic rings. The Labute approximate surface area is 235 Å². The molecule has 12 heteroatoms. The fraction of sp³-hybridized carbons (Fsp3) is 0.357. The number of nitrogen functional groups attached to an aromatic ring is 1. The summed E-state index contributed by atoms with van der Waals surface area (Å²) in [6.07, 6.45) is 4.38. The van der Waals surface area contributed by atoms with Crippen LogP contribution < -0.4 is 11.1 Å².